The summed E-state index contributed by atoms with van der Waals surface area (Å²) in [7, 11) is 0. The molecule has 94 valence electrons. The zero-order valence-corrected chi connectivity index (χ0v) is 10.7. The molecule has 0 saturated carbocycles. The van der Waals surface area contributed by atoms with Crippen molar-refractivity contribution < 1.29 is 14.3 Å². The summed E-state index contributed by atoms with van der Waals surface area (Å²) in [6.45, 7) is 1.94. The van der Waals surface area contributed by atoms with Crippen LogP contribution < -0.4 is 5.73 Å². The molecule has 2 aromatic rings. The average Bonchev–Trinajstić information content (AvgIpc) is 2.79. The normalized spacial score (nSPS) is 10.5. The van der Waals surface area contributed by atoms with Crippen molar-refractivity contribution in [2.45, 2.75) is 17.6 Å². The van der Waals surface area contributed by atoms with Gasteiger partial charge >= 0.3 is 5.97 Å². The number of carboxylic acids is 1. The number of hydrogen-bond acceptors (Lipinski definition) is 4. The first kappa shape index (κ1) is 12.6. The summed E-state index contributed by atoms with van der Waals surface area (Å²) in [6, 6.07) is 7.14. The highest BCUT2D eigenvalue weighted by Crippen LogP contribution is 2.30. The van der Waals surface area contributed by atoms with Gasteiger partial charge in [-0.1, -0.05) is 6.07 Å². The maximum absolute atomic E-state index is 10.9. The van der Waals surface area contributed by atoms with E-state index >= 15 is 0 Å². The Morgan fingerprint density at radius 1 is 1.44 bits per heavy atom. The molecule has 1 heterocycles. The fourth-order valence-electron chi connectivity index (χ4n) is 1.57. The van der Waals surface area contributed by atoms with Crippen LogP contribution in [0, 0.1) is 6.92 Å². The molecule has 0 spiro atoms. The Bertz CT molecular complexity index is 577. The molecule has 0 aliphatic heterocycles. The minimum atomic E-state index is -0.969. The van der Waals surface area contributed by atoms with Crippen molar-refractivity contribution in [3.63, 3.8) is 0 Å². The third-order valence-corrected chi connectivity index (χ3v) is 3.82. The highest BCUT2D eigenvalue weighted by Gasteiger charge is 2.14. The van der Waals surface area contributed by atoms with E-state index in [1.165, 1.54) is 24.1 Å². The Kier molecular flexibility index (Phi) is 3.62. The van der Waals surface area contributed by atoms with E-state index in [1.54, 1.807) is 0 Å². The third-order valence-electron chi connectivity index (χ3n) is 2.66. The van der Waals surface area contributed by atoms with E-state index in [9.17, 15) is 4.79 Å². The highest BCUT2D eigenvalue weighted by molar-refractivity contribution is 7.98. The molecule has 0 aliphatic rings. The molecule has 0 aliphatic carbocycles. The van der Waals surface area contributed by atoms with Gasteiger partial charge in [0.05, 0.1) is 12.0 Å². The number of furan rings is 1. The van der Waals surface area contributed by atoms with Crippen LogP contribution in [0.25, 0.3) is 0 Å². The van der Waals surface area contributed by atoms with Crippen LogP contribution in [-0.2, 0) is 5.75 Å². The Morgan fingerprint density at radius 2 is 2.22 bits per heavy atom. The van der Waals surface area contributed by atoms with E-state index in [1.807, 2.05) is 25.1 Å². The Hall–Kier alpha value is -1.88. The fourth-order valence-corrected chi connectivity index (χ4v) is 2.59. The Labute approximate surface area is 109 Å². The fraction of sp³-hybridized carbons (Fsp3) is 0.154. The molecule has 3 N–H and O–H groups in total. The first-order valence-corrected chi connectivity index (χ1v) is 6.35. The summed E-state index contributed by atoms with van der Waals surface area (Å²) in [6.07, 6.45) is 1.39. The number of rotatable bonds is 4. The second-order valence-electron chi connectivity index (χ2n) is 3.82. The number of carbonyl (C=O) groups is 1. The van der Waals surface area contributed by atoms with Crippen LogP contribution in [0.5, 0.6) is 0 Å². The standard InChI is InChI=1S/C13H13NO3S/c1-8-10(14)3-2-4-12(8)18-7-11-9(13(15)16)5-6-17-11/h2-6H,7,14H2,1H3,(H,15,16). The van der Waals surface area contributed by atoms with Crippen LogP contribution in [0.3, 0.4) is 0 Å². The van der Waals surface area contributed by atoms with Crippen molar-refractivity contribution in [2.75, 3.05) is 5.73 Å². The highest BCUT2D eigenvalue weighted by atomic mass is 32.2. The van der Waals surface area contributed by atoms with Gasteiger partial charge in [0.2, 0.25) is 0 Å². The molecule has 0 radical (unpaired) electrons. The molecule has 5 heteroatoms. The van der Waals surface area contributed by atoms with Crippen molar-refractivity contribution in [3.05, 3.63) is 47.4 Å². The number of aromatic carboxylic acids is 1. The zero-order chi connectivity index (χ0) is 13.1. The lowest BCUT2D eigenvalue weighted by atomic mass is 10.2. The van der Waals surface area contributed by atoms with Crippen molar-refractivity contribution in [1.82, 2.24) is 0 Å². The number of thioether (sulfide) groups is 1. The molecular weight excluding hydrogens is 250 g/mol. The average molecular weight is 263 g/mol. The number of nitrogen functional groups attached to an aromatic ring is 1. The third kappa shape index (κ3) is 2.51. The van der Waals surface area contributed by atoms with Gasteiger partial charge in [0.15, 0.2) is 0 Å². The molecule has 1 aromatic carbocycles. The van der Waals surface area contributed by atoms with Gasteiger partial charge in [-0.2, -0.15) is 0 Å². The largest absolute Gasteiger partial charge is 0.478 e. The van der Waals surface area contributed by atoms with E-state index in [0.717, 1.165) is 16.1 Å². The van der Waals surface area contributed by atoms with E-state index in [0.29, 0.717) is 11.5 Å². The number of benzene rings is 1. The first-order chi connectivity index (χ1) is 8.59. The number of hydrogen-bond donors (Lipinski definition) is 2. The molecule has 0 saturated heterocycles. The van der Waals surface area contributed by atoms with Crippen molar-refractivity contribution >= 4 is 23.4 Å². The second kappa shape index (κ2) is 5.18. The predicted molar refractivity (Wildman–Crippen MR) is 70.8 cm³/mol. The lowest BCUT2D eigenvalue weighted by Crippen LogP contribution is -1.98. The van der Waals surface area contributed by atoms with Crippen molar-refractivity contribution in [1.29, 1.82) is 0 Å². The SMILES string of the molecule is Cc1c(N)cccc1SCc1occc1C(=O)O. The smallest absolute Gasteiger partial charge is 0.339 e. The summed E-state index contributed by atoms with van der Waals surface area (Å²) < 4.78 is 5.18. The van der Waals surface area contributed by atoms with Crippen molar-refractivity contribution in [3.8, 4) is 0 Å². The molecular formula is C13H13NO3S. The van der Waals surface area contributed by atoms with Crippen LogP contribution >= 0.6 is 11.8 Å². The van der Waals surface area contributed by atoms with Crippen molar-refractivity contribution in [2.24, 2.45) is 0 Å². The minimum Gasteiger partial charge on any atom is -0.478 e. The monoisotopic (exact) mass is 263 g/mol. The maximum Gasteiger partial charge on any atom is 0.339 e. The molecule has 2 rings (SSSR count). The van der Waals surface area contributed by atoms with Crippen LogP contribution in [0.15, 0.2) is 39.8 Å². The van der Waals surface area contributed by atoms with E-state index in [4.69, 9.17) is 15.3 Å². The van der Waals surface area contributed by atoms with E-state index < -0.39 is 5.97 Å². The summed E-state index contributed by atoms with van der Waals surface area (Å²) in [5.74, 6) is -0.0307. The number of nitrogens with two attached hydrogens (primary N) is 1. The van der Waals surface area contributed by atoms with Gasteiger partial charge in [-0.25, -0.2) is 4.79 Å². The summed E-state index contributed by atoms with van der Waals surface area (Å²) in [5, 5.41) is 8.96. The van der Waals surface area contributed by atoms with Gasteiger partial charge in [-0.15, -0.1) is 11.8 Å². The maximum atomic E-state index is 10.9. The van der Waals surface area contributed by atoms with E-state index in [-0.39, 0.29) is 5.56 Å². The lowest BCUT2D eigenvalue weighted by molar-refractivity contribution is 0.0695. The topological polar surface area (TPSA) is 76.5 Å². The van der Waals surface area contributed by atoms with Crippen LogP contribution in [-0.4, -0.2) is 11.1 Å². The molecule has 0 unspecified atom stereocenters. The molecule has 0 bridgehead atoms. The Morgan fingerprint density at radius 3 is 2.94 bits per heavy atom. The summed E-state index contributed by atoms with van der Waals surface area (Å²) >= 11 is 1.51. The van der Waals surface area contributed by atoms with E-state index in [2.05, 4.69) is 0 Å². The number of carboxylic acid groups (broad SMARTS) is 1. The van der Waals surface area contributed by atoms with Crippen LogP contribution in [0.2, 0.25) is 0 Å². The van der Waals surface area contributed by atoms with Crippen LogP contribution in [0.4, 0.5) is 5.69 Å². The molecule has 1 aromatic heterocycles. The van der Waals surface area contributed by atoms with Crippen LogP contribution in [0.1, 0.15) is 21.7 Å². The van der Waals surface area contributed by atoms with Gasteiger partial charge in [-0.3, -0.25) is 0 Å². The Balaban J connectivity index is 2.14. The molecule has 0 fully saturated rings. The van der Waals surface area contributed by atoms with Gasteiger partial charge in [0, 0.05) is 10.6 Å². The molecule has 0 amide bonds. The second-order valence-corrected chi connectivity index (χ2v) is 4.84. The van der Waals surface area contributed by atoms with Gasteiger partial charge < -0.3 is 15.3 Å². The van der Waals surface area contributed by atoms with Gasteiger partial charge in [-0.05, 0) is 30.7 Å². The zero-order valence-electron chi connectivity index (χ0n) is 9.84. The first-order valence-electron chi connectivity index (χ1n) is 5.37. The van der Waals surface area contributed by atoms with Gasteiger partial charge in [0.25, 0.3) is 0 Å². The molecule has 18 heavy (non-hydrogen) atoms. The van der Waals surface area contributed by atoms with Gasteiger partial charge in [0.1, 0.15) is 11.3 Å². The summed E-state index contributed by atoms with van der Waals surface area (Å²) in [4.78, 5) is 12.0. The number of anilines is 1. The predicted octanol–water partition coefficient (Wildman–Crippen LogP) is 3.16. The lowest BCUT2D eigenvalue weighted by Gasteiger charge is -2.07. The quantitative estimate of drug-likeness (QED) is 0.654. The molecule has 0 atom stereocenters. The summed E-state index contributed by atoms with van der Waals surface area (Å²) in [5.41, 5.74) is 7.77. The minimum absolute atomic E-state index is 0.212. The molecule has 4 nitrogen and oxygen atoms in total.